The van der Waals surface area contributed by atoms with Gasteiger partial charge in [-0.2, -0.15) is 0 Å². The van der Waals surface area contributed by atoms with Crippen LogP contribution in [-0.2, 0) is 11.3 Å². The highest BCUT2D eigenvalue weighted by molar-refractivity contribution is 5.76. The summed E-state index contributed by atoms with van der Waals surface area (Å²) in [6, 6.07) is 2.01. The fourth-order valence-electron chi connectivity index (χ4n) is 2.23. The molecule has 0 radical (unpaired) electrons. The first-order valence-corrected chi connectivity index (χ1v) is 6.36. The van der Waals surface area contributed by atoms with Gasteiger partial charge < -0.3 is 15.2 Å². The highest BCUT2D eigenvalue weighted by Crippen LogP contribution is 2.12. The van der Waals surface area contributed by atoms with Crippen molar-refractivity contribution >= 4 is 5.91 Å². The van der Waals surface area contributed by atoms with Gasteiger partial charge in [-0.25, -0.2) is 0 Å². The number of likely N-dealkylation sites (tertiary alicyclic amines) is 1. The third-order valence-electron chi connectivity index (χ3n) is 3.33. The summed E-state index contributed by atoms with van der Waals surface area (Å²) in [7, 11) is 0. The molecule has 2 N–H and O–H groups in total. The van der Waals surface area contributed by atoms with E-state index in [0.29, 0.717) is 6.54 Å². The summed E-state index contributed by atoms with van der Waals surface area (Å²) in [5.74, 6) is 0.219. The Morgan fingerprint density at radius 3 is 2.71 bits per heavy atom. The predicted octanol–water partition coefficient (Wildman–Crippen LogP) is 1.52. The number of aromatic nitrogens is 1. The Kier molecular flexibility index (Phi) is 3.84. The first-order valence-electron chi connectivity index (χ1n) is 6.36. The molecule has 4 heteroatoms. The Morgan fingerprint density at radius 2 is 2.12 bits per heavy atom. The third-order valence-corrected chi connectivity index (χ3v) is 3.33. The SMILES string of the molecule is CC(N)c1ccn(CC(=O)N2CCCCC2)c1. The summed E-state index contributed by atoms with van der Waals surface area (Å²) in [5, 5.41) is 0. The molecular weight excluding hydrogens is 214 g/mol. The van der Waals surface area contributed by atoms with Crippen LogP contribution in [0.25, 0.3) is 0 Å². The molecule has 0 aromatic carbocycles. The van der Waals surface area contributed by atoms with Gasteiger partial charge in [0.2, 0.25) is 5.91 Å². The molecule has 0 saturated carbocycles. The number of hydrogen-bond acceptors (Lipinski definition) is 2. The average molecular weight is 235 g/mol. The summed E-state index contributed by atoms with van der Waals surface area (Å²) >= 11 is 0. The largest absolute Gasteiger partial charge is 0.345 e. The molecule has 94 valence electrons. The number of nitrogens with two attached hydrogens (primary N) is 1. The molecule has 1 amide bonds. The molecule has 1 aromatic rings. The van der Waals surface area contributed by atoms with Crippen LogP contribution in [0.4, 0.5) is 0 Å². The second kappa shape index (κ2) is 5.36. The zero-order valence-corrected chi connectivity index (χ0v) is 10.4. The Balaban J connectivity index is 1.92. The van der Waals surface area contributed by atoms with E-state index >= 15 is 0 Å². The van der Waals surface area contributed by atoms with Crippen molar-refractivity contribution in [1.82, 2.24) is 9.47 Å². The molecule has 1 fully saturated rings. The van der Waals surface area contributed by atoms with Crippen molar-refractivity contribution in [2.24, 2.45) is 5.73 Å². The van der Waals surface area contributed by atoms with E-state index in [2.05, 4.69) is 0 Å². The molecule has 1 aliphatic heterocycles. The monoisotopic (exact) mass is 235 g/mol. The topological polar surface area (TPSA) is 51.3 Å². The summed E-state index contributed by atoms with van der Waals surface area (Å²) in [5.41, 5.74) is 6.87. The number of rotatable bonds is 3. The molecule has 17 heavy (non-hydrogen) atoms. The van der Waals surface area contributed by atoms with Crippen LogP contribution in [0.3, 0.4) is 0 Å². The van der Waals surface area contributed by atoms with Crippen molar-refractivity contribution in [3.05, 3.63) is 24.0 Å². The third kappa shape index (κ3) is 3.09. The van der Waals surface area contributed by atoms with Crippen LogP contribution >= 0.6 is 0 Å². The van der Waals surface area contributed by atoms with Crippen LogP contribution in [0.2, 0.25) is 0 Å². The lowest BCUT2D eigenvalue weighted by atomic mass is 10.1. The molecule has 0 spiro atoms. The molecule has 2 rings (SSSR count). The van der Waals surface area contributed by atoms with Gasteiger partial charge in [0.25, 0.3) is 0 Å². The minimum Gasteiger partial charge on any atom is -0.345 e. The lowest BCUT2D eigenvalue weighted by Crippen LogP contribution is -2.37. The fraction of sp³-hybridized carbons (Fsp3) is 0.615. The zero-order valence-electron chi connectivity index (χ0n) is 10.4. The van der Waals surface area contributed by atoms with Gasteiger partial charge in [0.15, 0.2) is 0 Å². The molecule has 4 nitrogen and oxygen atoms in total. The number of amides is 1. The predicted molar refractivity (Wildman–Crippen MR) is 67.5 cm³/mol. The molecule has 1 aromatic heterocycles. The number of nitrogens with zero attached hydrogens (tertiary/aromatic N) is 2. The minimum absolute atomic E-state index is 0.0290. The second-order valence-corrected chi connectivity index (χ2v) is 4.85. The summed E-state index contributed by atoms with van der Waals surface area (Å²) in [6.07, 6.45) is 7.43. The first kappa shape index (κ1) is 12.2. The number of hydrogen-bond donors (Lipinski definition) is 1. The van der Waals surface area contributed by atoms with E-state index < -0.39 is 0 Å². The maximum absolute atomic E-state index is 12.0. The molecule has 0 aliphatic carbocycles. The normalized spacial score (nSPS) is 18.1. The van der Waals surface area contributed by atoms with E-state index in [-0.39, 0.29) is 11.9 Å². The lowest BCUT2D eigenvalue weighted by Gasteiger charge is -2.26. The van der Waals surface area contributed by atoms with Crippen molar-refractivity contribution in [2.45, 2.75) is 38.8 Å². The van der Waals surface area contributed by atoms with E-state index in [1.807, 2.05) is 34.9 Å². The van der Waals surface area contributed by atoms with Crippen LogP contribution in [0.5, 0.6) is 0 Å². The van der Waals surface area contributed by atoms with Crippen LogP contribution < -0.4 is 5.73 Å². The van der Waals surface area contributed by atoms with Crippen LogP contribution in [0, 0.1) is 0 Å². The van der Waals surface area contributed by atoms with Crippen molar-refractivity contribution in [3.8, 4) is 0 Å². The Hall–Kier alpha value is -1.29. The maximum Gasteiger partial charge on any atom is 0.242 e. The number of piperidine rings is 1. The van der Waals surface area contributed by atoms with Crippen molar-refractivity contribution in [3.63, 3.8) is 0 Å². The quantitative estimate of drug-likeness (QED) is 0.863. The van der Waals surface area contributed by atoms with Crippen molar-refractivity contribution < 1.29 is 4.79 Å². The van der Waals surface area contributed by atoms with Gasteiger partial charge in [0.1, 0.15) is 6.54 Å². The van der Waals surface area contributed by atoms with E-state index in [1.165, 1.54) is 6.42 Å². The maximum atomic E-state index is 12.0. The number of carbonyl (C=O) groups excluding carboxylic acids is 1. The van der Waals surface area contributed by atoms with Crippen molar-refractivity contribution in [1.29, 1.82) is 0 Å². The van der Waals surface area contributed by atoms with Gasteiger partial charge >= 0.3 is 0 Å². The Bertz CT molecular complexity index is 378. The van der Waals surface area contributed by atoms with E-state index in [1.54, 1.807) is 0 Å². The molecular formula is C13H21N3O. The Labute approximate surface area is 102 Å². The van der Waals surface area contributed by atoms with Crippen LogP contribution in [0.15, 0.2) is 18.5 Å². The van der Waals surface area contributed by atoms with Gasteiger partial charge in [0, 0.05) is 31.5 Å². The molecule has 1 unspecified atom stereocenters. The second-order valence-electron chi connectivity index (χ2n) is 4.85. The smallest absolute Gasteiger partial charge is 0.242 e. The van der Waals surface area contributed by atoms with E-state index in [0.717, 1.165) is 31.5 Å². The minimum atomic E-state index is 0.0290. The van der Waals surface area contributed by atoms with E-state index in [9.17, 15) is 4.79 Å². The lowest BCUT2D eigenvalue weighted by molar-refractivity contribution is -0.132. The first-order chi connectivity index (χ1) is 8.16. The zero-order chi connectivity index (χ0) is 12.3. The molecule has 1 saturated heterocycles. The van der Waals surface area contributed by atoms with E-state index in [4.69, 9.17) is 5.73 Å². The highest BCUT2D eigenvalue weighted by Gasteiger charge is 2.16. The molecule has 1 atom stereocenters. The van der Waals surface area contributed by atoms with Crippen LogP contribution in [0.1, 0.15) is 37.8 Å². The highest BCUT2D eigenvalue weighted by atomic mass is 16.2. The summed E-state index contributed by atoms with van der Waals surface area (Å²) in [6.45, 7) is 4.22. The van der Waals surface area contributed by atoms with Gasteiger partial charge in [-0.05, 0) is 37.8 Å². The molecule has 1 aliphatic rings. The standard InChI is InChI=1S/C13H21N3O/c1-11(14)12-5-8-15(9-12)10-13(17)16-6-3-2-4-7-16/h5,8-9,11H,2-4,6-7,10,14H2,1H3. The van der Waals surface area contributed by atoms with Gasteiger partial charge in [-0.3, -0.25) is 4.79 Å². The van der Waals surface area contributed by atoms with Crippen molar-refractivity contribution in [2.75, 3.05) is 13.1 Å². The van der Waals surface area contributed by atoms with Crippen LogP contribution in [-0.4, -0.2) is 28.5 Å². The van der Waals surface area contributed by atoms with Gasteiger partial charge in [-0.15, -0.1) is 0 Å². The summed E-state index contributed by atoms with van der Waals surface area (Å²) < 4.78 is 1.93. The average Bonchev–Trinajstić information content (AvgIpc) is 2.79. The van der Waals surface area contributed by atoms with Gasteiger partial charge in [0.05, 0.1) is 0 Å². The molecule has 0 bridgehead atoms. The number of carbonyl (C=O) groups is 1. The summed E-state index contributed by atoms with van der Waals surface area (Å²) in [4.78, 5) is 14.0. The van der Waals surface area contributed by atoms with Gasteiger partial charge in [-0.1, -0.05) is 0 Å². The Morgan fingerprint density at radius 1 is 1.41 bits per heavy atom. The fourth-order valence-corrected chi connectivity index (χ4v) is 2.23. The molecule has 2 heterocycles.